The molecule has 0 fully saturated rings. The third-order valence-corrected chi connectivity index (χ3v) is 2.11. The molecule has 0 saturated carbocycles. The second kappa shape index (κ2) is 3.21. The van der Waals surface area contributed by atoms with Gasteiger partial charge in [-0.15, -0.1) is 0 Å². The second-order valence-corrected chi connectivity index (χ2v) is 4.32. The van der Waals surface area contributed by atoms with Crippen LogP contribution < -0.4 is 0 Å². The molecule has 0 aliphatic rings. The quantitative estimate of drug-likeness (QED) is 0.659. The molecule has 1 aromatic heterocycles. The van der Waals surface area contributed by atoms with Crippen molar-refractivity contribution in [3.8, 4) is 6.07 Å². The zero-order valence-corrected chi connectivity index (χ0v) is 8.57. The standard InChI is InChI=1S/C10H15N3/c1-10(2,3)8(7-11)9-12-5-6-13(9)4/h5-6,8H,1-4H3. The Kier molecular flexibility index (Phi) is 2.42. The summed E-state index contributed by atoms with van der Waals surface area (Å²) in [5.41, 5.74) is -0.0616. The largest absolute Gasteiger partial charge is 0.337 e. The smallest absolute Gasteiger partial charge is 0.126 e. The van der Waals surface area contributed by atoms with Crippen molar-refractivity contribution in [3.63, 3.8) is 0 Å². The Morgan fingerprint density at radius 3 is 2.46 bits per heavy atom. The van der Waals surface area contributed by atoms with Crippen molar-refractivity contribution in [1.82, 2.24) is 9.55 Å². The molecule has 1 atom stereocenters. The summed E-state index contributed by atoms with van der Waals surface area (Å²) in [6.07, 6.45) is 3.59. The Morgan fingerprint density at radius 1 is 1.54 bits per heavy atom. The van der Waals surface area contributed by atoms with Gasteiger partial charge in [0.15, 0.2) is 0 Å². The van der Waals surface area contributed by atoms with Gasteiger partial charge in [-0.1, -0.05) is 20.8 Å². The van der Waals surface area contributed by atoms with E-state index in [1.54, 1.807) is 6.20 Å². The summed E-state index contributed by atoms with van der Waals surface area (Å²) in [6.45, 7) is 6.15. The summed E-state index contributed by atoms with van der Waals surface area (Å²) in [4.78, 5) is 4.19. The Morgan fingerprint density at radius 2 is 2.15 bits per heavy atom. The summed E-state index contributed by atoms with van der Waals surface area (Å²) >= 11 is 0. The predicted octanol–water partition coefficient (Wildman–Crippen LogP) is 2.07. The van der Waals surface area contributed by atoms with Gasteiger partial charge >= 0.3 is 0 Å². The molecule has 1 heterocycles. The maximum Gasteiger partial charge on any atom is 0.126 e. The van der Waals surface area contributed by atoms with E-state index < -0.39 is 0 Å². The van der Waals surface area contributed by atoms with Crippen LogP contribution in [0.3, 0.4) is 0 Å². The number of nitrogens with zero attached hydrogens (tertiary/aromatic N) is 3. The molecule has 13 heavy (non-hydrogen) atoms. The fraction of sp³-hybridized carbons (Fsp3) is 0.600. The zero-order chi connectivity index (χ0) is 10.1. The average molecular weight is 177 g/mol. The molecule has 0 saturated heterocycles. The van der Waals surface area contributed by atoms with Crippen LogP contribution in [-0.4, -0.2) is 9.55 Å². The molecule has 0 aliphatic heterocycles. The lowest BCUT2D eigenvalue weighted by molar-refractivity contribution is 0.356. The van der Waals surface area contributed by atoms with Gasteiger partial charge in [-0.2, -0.15) is 5.26 Å². The fourth-order valence-corrected chi connectivity index (χ4v) is 1.29. The molecule has 0 bridgehead atoms. The average Bonchev–Trinajstić information content (AvgIpc) is 2.35. The minimum Gasteiger partial charge on any atom is -0.337 e. The van der Waals surface area contributed by atoms with Crippen molar-refractivity contribution in [1.29, 1.82) is 5.26 Å². The molecule has 0 aliphatic carbocycles. The molecule has 0 amide bonds. The highest BCUT2D eigenvalue weighted by atomic mass is 15.0. The van der Waals surface area contributed by atoms with E-state index in [1.807, 2.05) is 17.8 Å². The molecule has 1 unspecified atom stereocenters. The maximum absolute atomic E-state index is 9.05. The Hall–Kier alpha value is -1.30. The SMILES string of the molecule is Cn1ccnc1C(C#N)C(C)(C)C. The van der Waals surface area contributed by atoms with Gasteiger partial charge in [0.25, 0.3) is 0 Å². The number of aromatic nitrogens is 2. The number of aryl methyl sites for hydroxylation is 1. The molecule has 0 spiro atoms. The number of nitriles is 1. The third kappa shape index (κ3) is 1.89. The minimum atomic E-state index is -0.146. The van der Waals surface area contributed by atoms with Gasteiger partial charge < -0.3 is 4.57 Å². The first-order chi connectivity index (χ1) is 5.96. The highest BCUT2D eigenvalue weighted by Crippen LogP contribution is 2.32. The van der Waals surface area contributed by atoms with Crippen LogP contribution in [0.5, 0.6) is 0 Å². The van der Waals surface area contributed by atoms with Crippen LogP contribution in [0.25, 0.3) is 0 Å². The second-order valence-electron chi connectivity index (χ2n) is 4.32. The zero-order valence-electron chi connectivity index (χ0n) is 8.57. The van der Waals surface area contributed by atoms with Crippen LogP contribution >= 0.6 is 0 Å². The van der Waals surface area contributed by atoms with Crippen molar-refractivity contribution in [2.75, 3.05) is 0 Å². The lowest BCUT2D eigenvalue weighted by atomic mass is 9.81. The van der Waals surface area contributed by atoms with Crippen molar-refractivity contribution < 1.29 is 0 Å². The molecule has 3 heteroatoms. The van der Waals surface area contributed by atoms with Crippen LogP contribution in [0, 0.1) is 16.7 Å². The molecule has 0 aromatic carbocycles. The monoisotopic (exact) mass is 177 g/mol. The van der Waals surface area contributed by atoms with E-state index in [-0.39, 0.29) is 11.3 Å². The van der Waals surface area contributed by atoms with E-state index in [0.29, 0.717) is 0 Å². The van der Waals surface area contributed by atoms with Gasteiger partial charge in [0.05, 0.1) is 6.07 Å². The molecule has 1 aromatic rings. The van der Waals surface area contributed by atoms with Crippen LogP contribution in [0.15, 0.2) is 12.4 Å². The van der Waals surface area contributed by atoms with Gasteiger partial charge in [0.1, 0.15) is 11.7 Å². The minimum absolute atomic E-state index is 0.0616. The fourth-order valence-electron chi connectivity index (χ4n) is 1.29. The van der Waals surface area contributed by atoms with E-state index in [1.165, 1.54) is 0 Å². The first kappa shape index (κ1) is 9.79. The van der Waals surface area contributed by atoms with Crippen LogP contribution in [-0.2, 0) is 7.05 Å². The number of hydrogen-bond donors (Lipinski definition) is 0. The van der Waals surface area contributed by atoms with Crippen molar-refractivity contribution in [3.05, 3.63) is 18.2 Å². The summed E-state index contributed by atoms with van der Waals surface area (Å²) < 4.78 is 1.90. The lowest BCUT2D eigenvalue weighted by Crippen LogP contribution is -2.20. The summed E-state index contributed by atoms with van der Waals surface area (Å²) in [6, 6.07) is 2.30. The first-order valence-corrected chi connectivity index (χ1v) is 4.33. The Balaban J connectivity index is 3.07. The summed E-state index contributed by atoms with van der Waals surface area (Å²) in [5, 5.41) is 9.05. The third-order valence-electron chi connectivity index (χ3n) is 2.11. The van der Waals surface area contributed by atoms with E-state index >= 15 is 0 Å². The summed E-state index contributed by atoms with van der Waals surface area (Å²) in [7, 11) is 1.92. The lowest BCUT2D eigenvalue weighted by Gasteiger charge is -2.23. The van der Waals surface area contributed by atoms with Crippen molar-refractivity contribution >= 4 is 0 Å². The first-order valence-electron chi connectivity index (χ1n) is 4.33. The highest BCUT2D eigenvalue weighted by molar-refractivity contribution is 5.14. The highest BCUT2D eigenvalue weighted by Gasteiger charge is 2.28. The Labute approximate surface area is 79.0 Å². The number of rotatable bonds is 1. The van der Waals surface area contributed by atoms with Gasteiger partial charge in [0.2, 0.25) is 0 Å². The maximum atomic E-state index is 9.05. The molecule has 70 valence electrons. The number of hydrogen-bond acceptors (Lipinski definition) is 2. The number of imidazole rings is 1. The molecular formula is C10H15N3. The Bertz CT molecular complexity index is 325. The van der Waals surface area contributed by atoms with E-state index in [2.05, 4.69) is 31.8 Å². The van der Waals surface area contributed by atoms with Crippen LogP contribution in [0.2, 0.25) is 0 Å². The molecular weight excluding hydrogens is 162 g/mol. The molecule has 3 nitrogen and oxygen atoms in total. The summed E-state index contributed by atoms with van der Waals surface area (Å²) in [5.74, 6) is 0.697. The normalized spacial score (nSPS) is 13.8. The van der Waals surface area contributed by atoms with Crippen molar-refractivity contribution in [2.45, 2.75) is 26.7 Å². The molecule has 0 radical (unpaired) electrons. The van der Waals surface area contributed by atoms with Crippen LogP contribution in [0.1, 0.15) is 32.5 Å². The van der Waals surface area contributed by atoms with Crippen LogP contribution in [0.4, 0.5) is 0 Å². The predicted molar refractivity (Wildman–Crippen MR) is 51.0 cm³/mol. The van der Waals surface area contributed by atoms with Gasteiger partial charge in [0, 0.05) is 19.4 Å². The topological polar surface area (TPSA) is 41.6 Å². The van der Waals surface area contributed by atoms with Gasteiger partial charge in [-0.25, -0.2) is 4.98 Å². The van der Waals surface area contributed by atoms with Gasteiger partial charge in [-0.3, -0.25) is 0 Å². The molecule has 0 N–H and O–H groups in total. The van der Waals surface area contributed by atoms with Crippen molar-refractivity contribution in [2.24, 2.45) is 12.5 Å². The van der Waals surface area contributed by atoms with E-state index in [4.69, 9.17) is 5.26 Å². The molecule has 1 rings (SSSR count). The van der Waals surface area contributed by atoms with E-state index in [0.717, 1.165) is 5.82 Å². The van der Waals surface area contributed by atoms with E-state index in [9.17, 15) is 0 Å². The van der Waals surface area contributed by atoms with Gasteiger partial charge in [-0.05, 0) is 5.41 Å².